The van der Waals surface area contributed by atoms with Crippen molar-refractivity contribution in [3.05, 3.63) is 182 Å². The van der Waals surface area contributed by atoms with Crippen LogP contribution >= 0.6 is 0 Å². The standard InChI is InChI=1S/C45H31N5/c1-4-14-30(15-5-1)43-46-44(31-16-6-2-7-17-31)48-45(47-43)32-24-26-34(27-25-32)50-40-23-13-11-21-36(40)38-29-28-37-35-20-10-12-22-39(35)49(41(37)42(38)50)33-18-8-3-9-19-33/h1-29,35,39H. The fourth-order valence-corrected chi connectivity index (χ4v) is 7.71. The molecule has 2 unspecified atom stereocenters. The average Bonchev–Trinajstić information content (AvgIpc) is 3.72. The van der Waals surface area contributed by atoms with Gasteiger partial charge in [0, 0.05) is 44.8 Å². The predicted octanol–water partition coefficient (Wildman–Crippen LogP) is 10.7. The van der Waals surface area contributed by atoms with Gasteiger partial charge < -0.3 is 9.47 Å². The molecule has 50 heavy (non-hydrogen) atoms. The van der Waals surface area contributed by atoms with Gasteiger partial charge in [-0.25, -0.2) is 15.0 Å². The van der Waals surface area contributed by atoms with Gasteiger partial charge in [0.15, 0.2) is 17.5 Å². The van der Waals surface area contributed by atoms with Crippen molar-refractivity contribution in [2.24, 2.45) is 0 Å². The van der Waals surface area contributed by atoms with Crippen LogP contribution in [-0.2, 0) is 0 Å². The summed E-state index contributed by atoms with van der Waals surface area (Å²) in [6, 6.07) is 53.3. The Morgan fingerprint density at radius 2 is 1.00 bits per heavy atom. The highest BCUT2D eigenvalue weighted by atomic mass is 15.2. The van der Waals surface area contributed by atoms with Crippen molar-refractivity contribution in [1.82, 2.24) is 19.5 Å². The summed E-state index contributed by atoms with van der Waals surface area (Å²) in [5.74, 6) is 2.23. The monoisotopic (exact) mass is 641 g/mol. The Bertz CT molecular complexity index is 2530. The van der Waals surface area contributed by atoms with Crippen LogP contribution in [0.3, 0.4) is 0 Å². The molecule has 0 bridgehead atoms. The summed E-state index contributed by atoms with van der Waals surface area (Å²) < 4.78 is 2.44. The minimum Gasteiger partial charge on any atom is -0.332 e. The maximum Gasteiger partial charge on any atom is 0.164 e. The van der Waals surface area contributed by atoms with Gasteiger partial charge in [0.05, 0.1) is 22.8 Å². The highest BCUT2D eigenvalue weighted by Crippen LogP contribution is 2.52. The molecule has 1 aliphatic carbocycles. The third kappa shape index (κ3) is 4.51. The van der Waals surface area contributed by atoms with Crippen LogP contribution in [0.15, 0.2) is 176 Å². The van der Waals surface area contributed by atoms with Gasteiger partial charge in [-0.05, 0) is 48.0 Å². The zero-order chi connectivity index (χ0) is 33.0. The molecule has 0 fully saturated rings. The van der Waals surface area contributed by atoms with E-state index in [4.69, 9.17) is 15.0 Å². The first-order chi connectivity index (χ1) is 24.8. The van der Waals surface area contributed by atoms with Crippen molar-refractivity contribution in [3.63, 3.8) is 0 Å². The third-order valence-corrected chi connectivity index (χ3v) is 9.96. The normalized spacial score (nSPS) is 16.2. The number of hydrogen-bond donors (Lipinski definition) is 0. The molecule has 0 saturated carbocycles. The van der Waals surface area contributed by atoms with E-state index in [9.17, 15) is 0 Å². The second-order valence-corrected chi connectivity index (χ2v) is 12.8. The van der Waals surface area contributed by atoms with E-state index in [1.54, 1.807) is 0 Å². The molecule has 3 heterocycles. The molecule has 0 radical (unpaired) electrons. The molecular formula is C45H31N5. The van der Waals surface area contributed by atoms with E-state index >= 15 is 0 Å². The van der Waals surface area contributed by atoms with Gasteiger partial charge in [0.25, 0.3) is 0 Å². The Kier molecular flexibility index (Phi) is 6.56. The average molecular weight is 642 g/mol. The van der Waals surface area contributed by atoms with Gasteiger partial charge in [-0.15, -0.1) is 0 Å². The number of hydrogen-bond acceptors (Lipinski definition) is 4. The quantitative estimate of drug-likeness (QED) is 0.188. The molecular weight excluding hydrogens is 611 g/mol. The lowest BCUT2D eigenvalue weighted by atomic mass is 9.91. The Balaban J connectivity index is 1.16. The van der Waals surface area contributed by atoms with Crippen LogP contribution in [0.25, 0.3) is 61.7 Å². The van der Waals surface area contributed by atoms with Gasteiger partial charge in [0.1, 0.15) is 0 Å². The SMILES string of the molecule is C1=CC2c3ccc4c5ccccc5n(-c5ccc(-c6nc(-c7ccccc7)nc(-c7ccccc7)n6)cc5)c4c3N(c3ccccc3)C2C=C1. The van der Waals surface area contributed by atoms with Crippen LogP contribution < -0.4 is 4.90 Å². The van der Waals surface area contributed by atoms with E-state index in [1.165, 1.54) is 38.7 Å². The number of fused-ring (bicyclic) bond motifs is 7. The van der Waals surface area contributed by atoms with Crippen LogP contribution in [0.4, 0.5) is 11.4 Å². The molecule has 8 aromatic rings. The lowest BCUT2D eigenvalue weighted by molar-refractivity contribution is 0.745. The van der Waals surface area contributed by atoms with Gasteiger partial charge in [-0.1, -0.05) is 133 Å². The van der Waals surface area contributed by atoms with Gasteiger partial charge in [-0.2, -0.15) is 0 Å². The highest BCUT2D eigenvalue weighted by molar-refractivity contribution is 6.15. The third-order valence-electron chi connectivity index (χ3n) is 9.96. The zero-order valence-electron chi connectivity index (χ0n) is 27.1. The Hall–Kier alpha value is -6.59. The van der Waals surface area contributed by atoms with E-state index in [2.05, 4.69) is 125 Å². The molecule has 0 amide bonds. The Morgan fingerprint density at radius 1 is 0.440 bits per heavy atom. The van der Waals surface area contributed by atoms with Crippen molar-refractivity contribution in [2.45, 2.75) is 12.0 Å². The number of benzene rings is 6. The summed E-state index contributed by atoms with van der Waals surface area (Å²) in [4.78, 5) is 17.4. The zero-order valence-corrected chi connectivity index (χ0v) is 27.1. The van der Waals surface area contributed by atoms with E-state index in [-0.39, 0.29) is 12.0 Å². The van der Waals surface area contributed by atoms with E-state index in [0.717, 1.165) is 22.4 Å². The lowest BCUT2D eigenvalue weighted by Crippen LogP contribution is -2.28. The van der Waals surface area contributed by atoms with Crippen molar-refractivity contribution in [3.8, 4) is 39.9 Å². The molecule has 0 N–H and O–H groups in total. The molecule has 5 nitrogen and oxygen atoms in total. The summed E-state index contributed by atoms with van der Waals surface area (Å²) in [7, 11) is 0. The maximum atomic E-state index is 4.98. The summed E-state index contributed by atoms with van der Waals surface area (Å²) in [6.45, 7) is 0. The topological polar surface area (TPSA) is 46.8 Å². The van der Waals surface area contributed by atoms with Crippen molar-refractivity contribution < 1.29 is 0 Å². The smallest absolute Gasteiger partial charge is 0.164 e. The second-order valence-electron chi connectivity index (χ2n) is 12.8. The number of aromatic nitrogens is 4. The number of anilines is 2. The van der Waals surface area contributed by atoms with Crippen LogP contribution in [0.1, 0.15) is 11.5 Å². The fourth-order valence-electron chi connectivity index (χ4n) is 7.71. The summed E-state index contributed by atoms with van der Waals surface area (Å²) in [5.41, 5.74) is 10.1. The van der Waals surface area contributed by atoms with Crippen molar-refractivity contribution in [1.29, 1.82) is 0 Å². The number of para-hydroxylation sites is 2. The predicted molar refractivity (Wildman–Crippen MR) is 204 cm³/mol. The molecule has 6 aromatic carbocycles. The van der Waals surface area contributed by atoms with Crippen molar-refractivity contribution in [2.75, 3.05) is 4.90 Å². The molecule has 10 rings (SSSR count). The summed E-state index contributed by atoms with van der Waals surface area (Å²) in [6.07, 6.45) is 9.06. The Labute approximate surface area is 290 Å². The first-order valence-electron chi connectivity index (χ1n) is 17.0. The minimum absolute atomic E-state index is 0.207. The maximum absolute atomic E-state index is 4.98. The molecule has 2 aliphatic rings. The Morgan fingerprint density at radius 3 is 1.66 bits per heavy atom. The number of rotatable bonds is 5. The number of allylic oxidation sites excluding steroid dienone is 2. The number of nitrogens with zero attached hydrogens (tertiary/aromatic N) is 5. The largest absolute Gasteiger partial charge is 0.332 e. The first kappa shape index (κ1) is 28.4. The molecule has 0 saturated heterocycles. The van der Waals surface area contributed by atoms with Crippen molar-refractivity contribution >= 4 is 33.2 Å². The molecule has 2 atom stereocenters. The summed E-state index contributed by atoms with van der Waals surface area (Å²) >= 11 is 0. The van der Waals surface area contributed by atoms with Gasteiger partial charge in [-0.3, -0.25) is 0 Å². The van der Waals surface area contributed by atoms with E-state index in [1.807, 2.05) is 60.7 Å². The van der Waals surface area contributed by atoms with Crippen LogP contribution in [0.5, 0.6) is 0 Å². The lowest BCUT2D eigenvalue weighted by Gasteiger charge is -2.29. The highest BCUT2D eigenvalue weighted by Gasteiger charge is 2.39. The first-order valence-corrected chi connectivity index (χ1v) is 17.0. The molecule has 5 heteroatoms. The molecule has 1 aliphatic heterocycles. The van der Waals surface area contributed by atoms with E-state index < -0.39 is 0 Å². The van der Waals surface area contributed by atoms with Gasteiger partial charge in [0.2, 0.25) is 0 Å². The van der Waals surface area contributed by atoms with E-state index in [0.29, 0.717) is 17.5 Å². The second kappa shape index (κ2) is 11.5. The van der Waals surface area contributed by atoms with Gasteiger partial charge >= 0.3 is 0 Å². The van der Waals surface area contributed by atoms with Crippen LogP contribution in [0, 0.1) is 0 Å². The molecule has 0 spiro atoms. The summed E-state index contributed by atoms with van der Waals surface area (Å²) in [5, 5.41) is 2.48. The molecule has 2 aromatic heterocycles. The minimum atomic E-state index is 0.207. The fraction of sp³-hybridized carbons (Fsp3) is 0.0444. The molecule has 236 valence electrons. The van der Waals surface area contributed by atoms with Crippen LogP contribution in [-0.4, -0.2) is 25.6 Å². The van der Waals surface area contributed by atoms with Crippen LogP contribution in [0.2, 0.25) is 0 Å².